The van der Waals surface area contributed by atoms with Crippen LogP contribution < -0.4 is 25.5 Å². The lowest BCUT2D eigenvalue weighted by Gasteiger charge is -2.11. The number of carbonyl (C=O) groups excluding carboxylic acids is 3. The van der Waals surface area contributed by atoms with E-state index >= 15 is 0 Å². The van der Waals surface area contributed by atoms with E-state index in [0.29, 0.717) is 33.5 Å². The van der Waals surface area contributed by atoms with Crippen molar-refractivity contribution >= 4 is 46.9 Å². The third kappa shape index (κ3) is 7.35. The van der Waals surface area contributed by atoms with Crippen LogP contribution in [0.3, 0.4) is 0 Å². The van der Waals surface area contributed by atoms with Crippen LogP contribution in [-0.2, 0) is 14.4 Å². The molecular weight excluding hydrogens is 460 g/mol. The summed E-state index contributed by atoms with van der Waals surface area (Å²) in [5.74, 6) is -1.45. The number of hydrogen-bond acceptors (Lipinski definition) is 6. The molecule has 0 radical (unpaired) electrons. The highest BCUT2D eigenvalue weighted by Crippen LogP contribution is 2.27. The van der Waals surface area contributed by atoms with Crippen molar-refractivity contribution in [1.82, 2.24) is 5.43 Å². The molecule has 0 saturated heterocycles. The van der Waals surface area contributed by atoms with Crippen molar-refractivity contribution in [3.63, 3.8) is 0 Å². The summed E-state index contributed by atoms with van der Waals surface area (Å²) < 4.78 is 10.8. The molecule has 0 unspecified atom stereocenters. The van der Waals surface area contributed by atoms with Crippen molar-refractivity contribution in [2.24, 2.45) is 5.10 Å². The molecular formula is C24H21ClN4O5. The predicted octanol–water partition coefficient (Wildman–Crippen LogP) is 3.45. The Morgan fingerprint density at radius 3 is 2.38 bits per heavy atom. The van der Waals surface area contributed by atoms with E-state index in [9.17, 15) is 14.4 Å². The topological polar surface area (TPSA) is 118 Å². The van der Waals surface area contributed by atoms with E-state index in [0.717, 1.165) is 0 Å². The molecule has 34 heavy (non-hydrogen) atoms. The van der Waals surface area contributed by atoms with Gasteiger partial charge in [-0.05, 0) is 54.1 Å². The van der Waals surface area contributed by atoms with Gasteiger partial charge in [-0.25, -0.2) is 5.43 Å². The van der Waals surface area contributed by atoms with Crippen molar-refractivity contribution in [2.75, 3.05) is 24.4 Å². The molecule has 0 heterocycles. The van der Waals surface area contributed by atoms with Gasteiger partial charge in [-0.15, -0.1) is 0 Å². The fraction of sp³-hybridized carbons (Fsp3) is 0.0833. The van der Waals surface area contributed by atoms with Crippen LogP contribution in [0, 0.1) is 0 Å². The molecule has 0 saturated carbocycles. The summed E-state index contributed by atoms with van der Waals surface area (Å²) in [5, 5.41) is 9.34. The van der Waals surface area contributed by atoms with Crippen molar-refractivity contribution in [3.05, 3.63) is 83.4 Å². The number of hydrazone groups is 1. The molecule has 0 aliphatic rings. The number of benzene rings is 3. The summed E-state index contributed by atoms with van der Waals surface area (Å²) in [7, 11) is 1.45. The highest BCUT2D eigenvalue weighted by atomic mass is 35.5. The van der Waals surface area contributed by atoms with Gasteiger partial charge in [0.1, 0.15) is 0 Å². The highest BCUT2D eigenvalue weighted by molar-refractivity contribution is 6.39. The van der Waals surface area contributed by atoms with Crippen LogP contribution in [0.5, 0.6) is 11.5 Å². The number of amides is 3. The SMILES string of the molecule is COc1cc(/C=N\NC(=O)C(=O)Nc2cccc(Cl)c2)ccc1OCC(=O)Nc1ccccc1. The van der Waals surface area contributed by atoms with Gasteiger partial charge in [-0.2, -0.15) is 5.10 Å². The lowest BCUT2D eigenvalue weighted by molar-refractivity contribution is -0.136. The van der Waals surface area contributed by atoms with Gasteiger partial charge >= 0.3 is 11.8 Å². The van der Waals surface area contributed by atoms with Crippen molar-refractivity contribution in [3.8, 4) is 11.5 Å². The van der Waals surface area contributed by atoms with Crippen molar-refractivity contribution < 1.29 is 23.9 Å². The first kappa shape index (κ1) is 24.3. The second kappa shape index (κ2) is 12.0. The molecule has 0 aliphatic carbocycles. The number of nitrogens with zero attached hydrogens (tertiary/aromatic N) is 1. The average molecular weight is 481 g/mol. The second-order valence-electron chi connectivity index (χ2n) is 6.78. The summed E-state index contributed by atoms with van der Waals surface area (Å²) in [6.07, 6.45) is 1.33. The first-order valence-corrected chi connectivity index (χ1v) is 10.4. The molecule has 174 valence electrons. The maximum absolute atomic E-state index is 12.1. The Morgan fingerprint density at radius 1 is 0.882 bits per heavy atom. The Labute approximate surface area is 200 Å². The number of ether oxygens (including phenoxy) is 2. The molecule has 0 atom stereocenters. The highest BCUT2D eigenvalue weighted by Gasteiger charge is 2.13. The first-order valence-electron chi connectivity index (χ1n) is 10.0. The van der Waals surface area contributed by atoms with E-state index < -0.39 is 11.8 Å². The standard InChI is InChI=1S/C24H21ClN4O5/c1-33-21-12-16(10-11-20(21)34-15-22(30)27-18-7-3-2-4-8-18)14-26-29-24(32)23(31)28-19-9-5-6-17(25)13-19/h2-14H,15H2,1H3,(H,27,30)(H,28,31)(H,29,32)/b26-14-. The Hall–Kier alpha value is -4.37. The molecule has 3 N–H and O–H groups in total. The molecule has 9 nitrogen and oxygen atoms in total. The zero-order chi connectivity index (χ0) is 24.3. The molecule has 3 aromatic carbocycles. The fourth-order valence-electron chi connectivity index (χ4n) is 2.72. The molecule has 0 aliphatic heterocycles. The molecule has 3 aromatic rings. The third-order valence-corrected chi connectivity index (χ3v) is 4.51. The number of halogens is 1. The van der Waals surface area contributed by atoms with Crippen LogP contribution in [0.2, 0.25) is 5.02 Å². The predicted molar refractivity (Wildman–Crippen MR) is 129 cm³/mol. The average Bonchev–Trinajstić information content (AvgIpc) is 2.83. The first-order chi connectivity index (χ1) is 16.4. The summed E-state index contributed by atoms with van der Waals surface area (Å²) in [6, 6.07) is 20.3. The zero-order valence-corrected chi connectivity index (χ0v) is 18.8. The van der Waals surface area contributed by atoms with Gasteiger partial charge in [0.15, 0.2) is 18.1 Å². The molecule has 0 fully saturated rings. The van der Waals surface area contributed by atoms with Crippen molar-refractivity contribution in [1.29, 1.82) is 0 Å². The van der Waals surface area contributed by atoms with Crippen LogP contribution in [-0.4, -0.2) is 37.7 Å². The monoisotopic (exact) mass is 480 g/mol. The van der Waals surface area contributed by atoms with E-state index in [-0.39, 0.29) is 12.5 Å². The van der Waals surface area contributed by atoms with Gasteiger partial charge in [-0.1, -0.05) is 35.9 Å². The smallest absolute Gasteiger partial charge is 0.329 e. The van der Waals surface area contributed by atoms with Gasteiger partial charge in [0, 0.05) is 16.4 Å². The fourth-order valence-corrected chi connectivity index (χ4v) is 2.91. The minimum Gasteiger partial charge on any atom is -0.493 e. The van der Waals surface area contributed by atoms with Crippen LogP contribution in [0.1, 0.15) is 5.56 Å². The van der Waals surface area contributed by atoms with Crippen LogP contribution >= 0.6 is 11.6 Å². The Balaban J connectivity index is 1.52. The van der Waals surface area contributed by atoms with Gasteiger partial charge in [0.25, 0.3) is 5.91 Å². The molecule has 10 heteroatoms. The molecule has 0 spiro atoms. The summed E-state index contributed by atoms with van der Waals surface area (Å²) >= 11 is 5.85. The maximum atomic E-state index is 12.1. The van der Waals surface area contributed by atoms with Crippen molar-refractivity contribution in [2.45, 2.75) is 0 Å². The normalized spacial score (nSPS) is 10.4. The number of anilines is 2. The lowest BCUT2D eigenvalue weighted by Crippen LogP contribution is -2.32. The summed E-state index contributed by atoms with van der Waals surface area (Å²) in [5.41, 5.74) is 3.75. The summed E-state index contributed by atoms with van der Waals surface area (Å²) in [6.45, 7) is -0.212. The van der Waals surface area contributed by atoms with E-state index in [1.165, 1.54) is 19.4 Å². The molecule has 3 rings (SSSR count). The number of hydrogen-bond donors (Lipinski definition) is 3. The van der Waals surface area contributed by atoms with Gasteiger partial charge in [0.2, 0.25) is 0 Å². The number of methoxy groups -OCH3 is 1. The number of nitrogens with one attached hydrogen (secondary N) is 3. The molecule has 0 aromatic heterocycles. The quantitative estimate of drug-likeness (QED) is 0.259. The minimum atomic E-state index is -0.951. The third-order valence-electron chi connectivity index (χ3n) is 4.27. The van der Waals surface area contributed by atoms with Gasteiger partial charge < -0.3 is 20.1 Å². The maximum Gasteiger partial charge on any atom is 0.329 e. The second-order valence-corrected chi connectivity index (χ2v) is 7.21. The Bertz CT molecular complexity index is 1200. The Morgan fingerprint density at radius 2 is 1.65 bits per heavy atom. The zero-order valence-electron chi connectivity index (χ0n) is 18.1. The van der Waals surface area contributed by atoms with Gasteiger partial charge in [-0.3, -0.25) is 14.4 Å². The minimum absolute atomic E-state index is 0.212. The number of rotatable bonds is 8. The number of para-hydroxylation sites is 1. The van der Waals surface area contributed by atoms with Crippen LogP contribution in [0.15, 0.2) is 77.9 Å². The number of carbonyl (C=O) groups is 3. The Kier molecular flexibility index (Phi) is 8.59. The van der Waals surface area contributed by atoms with Crippen LogP contribution in [0.25, 0.3) is 0 Å². The largest absolute Gasteiger partial charge is 0.493 e. The summed E-state index contributed by atoms with van der Waals surface area (Å²) in [4.78, 5) is 35.9. The van der Waals surface area contributed by atoms with Gasteiger partial charge in [0.05, 0.1) is 13.3 Å². The van der Waals surface area contributed by atoms with Crippen LogP contribution in [0.4, 0.5) is 11.4 Å². The van der Waals surface area contributed by atoms with E-state index in [2.05, 4.69) is 21.2 Å². The van der Waals surface area contributed by atoms with E-state index in [1.807, 2.05) is 18.2 Å². The van der Waals surface area contributed by atoms with E-state index in [1.54, 1.807) is 48.5 Å². The lowest BCUT2D eigenvalue weighted by atomic mass is 10.2. The molecule has 0 bridgehead atoms. The molecule has 3 amide bonds. The van der Waals surface area contributed by atoms with E-state index in [4.69, 9.17) is 21.1 Å².